The number of nitrogens with zero attached hydrogens (tertiary/aromatic N) is 1. The van der Waals surface area contributed by atoms with Gasteiger partial charge in [-0.3, -0.25) is 0 Å². The number of hydrogen-bond donors (Lipinski definition) is 1. The highest BCUT2D eigenvalue weighted by Gasteiger charge is 2.14. The first kappa shape index (κ1) is 13.2. The lowest BCUT2D eigenvalue weighted by molar-refractivity contribution is 0.590. The van der Waals surface area contributed by atoms with E-state index in [1.807, 2.05) is 6.92 Å². The van der Waals surface area contributed by atoms with E-state index in [1.54, 1.807) is 11.3 Å². The second-order valence-corrected chi connectivity index (χ2v) is 6.64. The quantitative estimate of drug-likeness (QED) is 0.890. The van der Waals surface area contributed by atoms with E-state index in [9.17, 15) is 0 Å². The summed E-state index contributed by atoms with van der Waals surface area (Å²) in [6.07, 6.45) is 0. The first-order valence-electron chi connectivity index (χ1n) is 6.19. The van der Waals surface area contributed by atoms with E-state index in [1.165, 1.54) is 16.0 Å². The van der Waals surface area contributed by atoms with E-state index < -0.39 is 0 Å². The summed E-state index contributed by atoms with van der Waals surface area (Å²) in [5.41, 5.74) is 9.50. The molecule has 2 N–H and O–H groups in total. The van der Waals surface area contributed by atoms with E-state index in [2.05, 4.69) is 50.0 Å². The zero-order chi connectivity index (χ0) is 13.3. The van der Waals surface area contributed by atoms with Gasteiger partial charge in [-0.2, -0.15) is 0 Å². The van der Waals surface area contributed by atoms with E-state index >= 15 is 0 Å². The minimum Gasteiger partial charge on any atom is -0.325 e. The molecule has 2 aromatic rings. The Labute approximate surface area is 113 Å². The zero-order valence-corrected chi connectivity index (χ0v) is 12.3. The van der Waals surface area contributed by atoms with Crippen molar-refractivity contribution < 1.29 is 0 Å². The van der Waals surface area contributed by atoms with Crippen molar-refractivity contribution >= 4 is 11.3 Å². The van der Waals surface area contributed by atoms with Crippen LogP contribution in [0, 0.1) is 6.92 Å². The van der Waals surface area contributed by atoms with Crippen molar-refractivity contribution in [1.29, 1.82) is 0 Å². The van der Waals surface area contributed by atoms with Crippen molar-refractivity contribution in [2.45, 2.75) is 39.7 Å². The average molecular weight is 260 g/mol. The second kappa shape index (κ2) is 4.82. The van der Waals surface area contributed by atoms with Crippen molar-refractivity contribution in [2.75, 3.05) is 0 Å². The second-order valence-electron chi connectivity index (χ2n) is 5.55. The first-order valence-corrected chi connectivity index (χ1v) is 7.01. The number of hydrogen-bond acceptors (Lipinski definition) is 3. The van der Waals surface area contributed by atoms with Crippen molar-refractivity contribution in [3.05, 3.63) is 40.5 Å². The molecular formula is C15H20N2S. The summed E-state index contributed by atoms with van der Waals surface area (Å²) in [6.45, 7) is 9.25. The number of thiazole rings is 1. The molecule has 1 heterocycles. The molecule has 0 bridgehead atoms. The summed E-state index contributed by atoms with van der Waals surface area (Å²) >= 11 is 1.69. The molecule has 1 aromatic carbocycles. The van der Waals surface area contributed by atoms with Gasteiger partial charge in [-0.05, 0) is 23.5 Å². The van der Waals surface area contributed by atoms with E-state index in [4.69, 9.17) is 5.73 Å². The maximum absolute atomic E-state index is 5.64. The lowest BCUT2D eigenvalue weighted by atomic mass is 9.86. The highest BCUT2D eigenvalue weighted by molar-refractivity contribution is 7.15. The van der Waals surface area contributed by atoms with Gasteiger partial charge in [0.1, 0.15) is 5.01 Å². The molecule has 0 radical (unpaired) electrons. The van der Waals surface area contributed by atoms with E-state index in [-0.39, 0.29) is 5.41 Å². The Balaban J connectivity index is 2.37. The normalized spacial score (nSPS) is 11.8. The van der Waals surface area contributed by atoms with Crippen LogP contribution in [-0.2, 0) is 12.0 Å². The molecule has 0 aliphatic rings. The smallest absolute Gasteiger partial charge is 0.107 e. The molecule has 1 aromatic heterocycles. The maximum Gasteiger partial charge on any atom is 0.107 e. The van der Waals surface area contributed by atoms with Gasteiger partial charge in [0.05, 0.1) is 10.6 Å². The van der Waals surface area contributed by atoms with Crippen LogP contribution in [0.4, 0.5) is 0 Å². The molecule has 3 heteroatoms. The van der Waals surface area contributed by atoms with Crippen LogP contribution in [0.1, 0.15) is 37.0 Å². The Hall–Kier alpha value is -1.19. The standard InChI is InChI=1S/C15H20N2S/c1-10-14(18-13(9-16)17-10)11-5-7-12(8-6-11)15(2,3)4/h5-8H,9,16H2,1-4H3. The van der Waals surface area contributed by atoms with Crippen LogP contribution in [0.15, 0.2) is 24.3 Å². The van der Waals surface area contributed by atoms with Gasteiger partial charge in [-0.25, -0.2) is 4.98 Å². The van der Waals surface area contributed by atoms with Gasteiger partial charge in [0, 0.05) is 6.54 Å². The van der Waals surface area contributed by atoms with Crippen molar-refractivity contribution in [3.63, 3.8) is 0 Å². The van der Waals surface area contributed by atoms with Gasteiger partial charge < -0.3 is 5.73 Å². The predicted octanol–water partition coefficient (Wildman–Crippen LogP) is 3.87. The molecule has 0 aliphatic carbocycles. The Bertz CT molecular complexity index is 533. The Morgan fingerprint density at radius 1 is 1.17 bits per heavy atom. The molecule has 0 amide bonds. The molecule has 0 spiro atoms. The molecule has 18 heavy (non-hydrogen) atoms. The van der Waals surface area contributed by atoms with E-state index in [0.717, 1.165) is 10.7 Å². The van der Waals surface area contributed by atoms with Gasteiger partial charge in [0.25, 0.3) is 0 Å². The Kier molecular flexibility index (Phi) is 3.55. The van der Waals surface area contributed by atoms with Crippen LogP contribution in [0.3, 0.4) is 0 Å². The first-order chi connectivity index (χ1) is 8.41. The summed E-state index contributed by atoms with van der Waals surface area (Å²) in [6, 6.07) is 8.77. The highest BCUT2D eigenvalue weighted by Crippen LogP contribution is 2.31. The largest absolute Gasteiger partial charge is 0.325 e. The lowest BCUT2D eigenvalue weighted by Crippen LogP contribution is -2.10. The van der Waals surface area contributed by atoms with Gasteiger partial charge in [0.15, 0.2) is 0 Å². The molecular weight excluding hydrogens is 240 g/mol. The summed E-state index contributed by atoms with van der Waals surface area (Å²) in [4.78, 5) is 5.70. The van der Waals surface area contributed by atoms with Gasteiger partial charge >= 0.3 is 0 Å². The summed E-state index contributed by atoms with van der Waals surface area (Å²) < 4.78 is 0. The molecule has 0 saturated heterocycles. The maximum atomic E-state index is 5.64. The summed E-state index contributed by atoms with van der Waals surface area (Å²) in [5, 5.41) is 1.00. The topological polar surface area (TPSA) is 38.9 Å². The number of nitrogens with two attached hydrogens (primary N) is 1. The fourth-order valence-corrected chi connectivity index (χ4v) is 2.88. The zero-order valence-electron chi connectivity index (χ0n) is 11.4. The predicted molar refractivity (Wildman–Crippen MR) is 78.9 cm³/mol. The number of aromatic nitrogens is 1. The van der Waals surface area contributed by atoms with Gasteiger partial charge in [0.2, 0.25) is 0 Å². The van der Waals surface area contributed by atoms with Crippen LogP contribution in [0.25, 0.3) is 10.4 Å². The van der Waals surface area contributed by atoms with Crippen molar-refractivity contribution in [3.8, 4) is 10.4 Å². The van der Waals surface area contributed by atoms with Crippen LogP contribution < -0.4 is 5.73 Å². The molecule has 0 atom stereocenters. The minimum absolute atomic E-state index is 0.198. The summed E-state index contributed by atoms with van der Waals surface area (Å²) in [7, 11) is 0. The minimum atomic E-state index is 0.198. The lowest BCUT2D eigenvalue weighted by Gasteiger charge is -2.19. The van der Waals surface area contributed by atoms with Crippen molar-refractivity contribution in [1.82, 2.24) is 4.98 Å². The average Bonchev–Trinajstić information content (AvgIpc) is 2.70. The van der Waals surface area contributed by atoms with Gasteiger partial charge in [-0.1, -0.05) is 45.0 Å². The number of rotatable bonds is 2. The molecule has 0 saturated carbocycles. The van der Waals surface area contributed by atoms with Crippen LogP contribution in [0.5, 0.6) is 0 Å². The van der Waals surface area contributed by atoms with Crippen LogP contribution >= 0.6 is 11.3 Å². The van der Waals surface area contributed by atoms with E-state index in [0.29, 0.717) is 6.54 Å². The number of benzene rings is 1. The monoisotopic (exact) mass is 260 g/mol. The molecule has 2 rings (SSSR count). The molecule has 0 unspecified atom stereocenters. The van der Waals surface area contributed by atoms with Crippen LogP contribution in [0.2, 0.25) is 0 Å². The number of aryl methyl sites for hydroxylation is 1. The Morgan fingerprint density at radius 3 is 2.22 bits per heavy atom. The molecule has 2 nitrogen and oxygen atoms in total. The third-order valence-electron chi connectivity index (χ3n) is 3.03. The molecule has 96 valence electrons. The fraction of sp³-hybridized carbons (Fsp3) is 0.400. The Morgan fingerprint density at radius 2 is 1.78 bits per heavy atom. The van der Waals surface area contributed by atoms with Crippen molar-refractivity contribution in [2.24, 2.45) is 5.73 Å². The highest BCUT2D eigenvalue weighted by atomic mass is 32.1. The molecule has 0 fully saturated rings. The summed E-state index contributed by atoms with van der Waals surface area (Å²) in [5.74, 6) is 0. The fourth-order valence-electron chi connectivity index (χ4n) is 1.93. The molecule has 0 aliphatic heterocycles. The van der Waals surface area contributed by atoms with Crippen LogP contribution in [-0.4, -0.2) is 4.98 Å². The third-order valence-corrected chi connectivity index (χ3v) is 4.26. The SMILES string of the molecule is Cc1nc(CN)sc1-c1ccc(C(C)(C)C)cc1. The third kappa shape index (κ3) is 2.62. The van der Waals surface area contributed by atoms with Gasteiger partial charge in [-0.15, -0.1) is 11.3 Å².